The Morgan fingerprint density at radius 3 is 2.87 bits per heavy atom. The van der Waals surface area contributed by atoms with E-state index >= 15 is 0 Å². The summed E-state index contributed by atoms with van der Waals surface area (Å²) in [5.41, 5.74) is 4.48. The van der Waals surface area contributed by atoms with Gasteiger partial charge in [-0.15, -0.1) is 0 Å². The molecule has 2 bridgehead atoms. The smallest absolute Gasteiger partial charge is 0.150 e. The molecule has 2 aliphatic carbocycles. The Labute approximate surface area is 94.4 Å². The topological polar surface area (TPSA) is 17.1 Å². The second kappa shape index (κ2) is 3.08. The quantitative estimate of drug-likeness (QED) is 0.658. The Kier molecular flexibility index (Phi) is 1.93. The highest BCUT2D eigenvalue weighted by atomic mass is 35.5. The number of hydrogen-bond donors (Lipinski definition) is 0. The van der Waals surface area contributed by atoms with Crippen molar-refractivity contribution in [1.82, 2.24) is 0 Å². The molecule has 1 saturated carbocycles. The van der Waals surface area contributed by atoms with Crippen LogP contribution < -0.4 is 0 Å². The first-order chi connectivity index (χ1) is 7.22. The Morgan fingerprint density at radius 1 is 1.40 bits per heavy atom. The maximum Gasteiger partial charge on any atom is 0.150 e. The number of hydrogen-bond acceptors (Lipinski definition) is 1. The van der Waals surface area contributed by atoms with Gasteiger partial charge in [0.05, 0.1) is 0 Å². The summed E-state index contributed by atoms with van der Waals surface area (Å²) in [5, 5.41) is 0.753. The summed E-state index contributed by atoms with van der Waals surface area (Å²) in [7, 11) is 0. The van der Waals surface area contributed by atoms with Gasteiger partial charge >= 0.3 is 0 Å². The lowest BCUT2D eigenvalue weighted by molar-refractivity contribution is 0.112. The SMILES string of the molecule is Cc1c(Cl)cc2c(c1C=O)C1CCC2C1. The first-order valence-corrected chi connectivity index (χ1v) is 5.88. The van der Waals surface area contributed by atoms with Crippen LogP contribution in [-0.4, -0.2) is 6.29 Å². The lowest BCUT2D eigenvalue weighted by atomic mass is 9.86. The molecule has 0 aromatic heterocycles. The summed E-state index contributed by atoms with van der Waals surface area (Å²) in [6.45, 7) is 1.94. The highest BCUT2D eigenvalue weighted by Crippen LogP contribution is 2.55. The average molecular weight is 221 g/mol. The number of aldehydes is 1. The summed E-state index contributed by atoms with van der Waals surface area (Å²) in [6.07, 6.45) is 4.74. The van der Waals surface area contributed by atoms with Gasteiger partial charge in [-0.05, 0) is 60.8 Å². The summed E-state index contributed by atoms with van der Waals surface area (Å²) in [4.78, 5) is 11.2. The van der Waals surface area contributed by atoms with Gasteiger partial charge in [-0.1, -0.05) is 11.6 Å². The van der Waals surface area contributed by atoms with Crippen molar-refractivity contribution in [3.05, 3.63) is 33.3 Å². The van der Waals surface area contributed by atoms with Crippen LogP contribution >= 0.6 is 11.6 Å². The van der Waals surface area contributed by atoms with E-state index in [1.54, 1.807) is 0 Å². The van der Waals surface area contributed by atoms with E-state index in [0.29, 0.717) is 11.8 Å². The number of fused-ring (bicyclic) bond motifs is 5. The van der Waals surface area contributed by atoms with Crippen LogP contribution in [0.3, 0.4) is 0 Å². The molecule has 0 heterocycles. The second-order valence-electron chi connectivity index (χ2n) is 4.72. The molecule has 0 aliphatic heterocycles. The number of carbonyl (C=O) groups excluding carboxylic acids is 1. The van der Waals surface area contributed by atoms with Gasteiger partial charge in [0.25, 0.3) is 0 Å². The molecular weight excluding hydrogens is 208 g/mol. The van der Waals surface area contributed by atoms with E-state index in [-0.39, 0.29) is 0 Å². The van der Waals surface area contributed by atoms with Crippen LogP contribution in [0.25, 0.3) is 0 Å². The maximum absolute atomic E-state index is 11.2. The van der Waals surface area contributed by atoms with Crippen molar-refractivity contribution >= 4 is 17.9 Å². The van der Waals surface area contributed by atoms with Crippen LogP contribution in [0.15, 0.2) is 6.07 Å². The lowest BCUT2D eigenvalue weighted by Gasteiger charge is -2.19. The molecule has 2 unspecified atom stereocenters. The monoisotopic (exact) mass is 220 g/mol. The fourth-order valence-electron chi connectivity index (χ4n) is 3.28. The van der Waals surface area contributed by atoms with E-state index in [1.807, 2.05) is 6.92 Å². The first-order valence-electron chi connectivity index (χ1n) is 5.50. The zero-order chi connectivity index (χ0) is 10.6. The molecular formula is C13H13ClO. The minimum absolute atomic E-state index is 0.626. The van der Waals surface area contributed by atoms with E-state index in [9.17, 15) is 4.79 Å². The number of rotatable bonds is 1. The zero-order valence-corrected chi connectivity index (χ0v) is 9.47. The zero-order valence-electron chi connectivity index (χ0n) is 8.72. The van der Waals surface area contributed by atoms with Gasteiger partial charge in [-0.3, -0.25) is 4.79 Å². The molecule has 0 N–H and O–H groups in total. The third-order valence-corrected chi connectivity index (χ3v) is 4.44. The van der Waals surface area contributed by atoms with E-state index < -0.39 is 0 Å². The minimum atomic E-state index is 0.626. The highest BCUT2D eigenvalue weighted by Gasteiger charge is 2.39. The van der Waals surface area contributed by atoms with Gasteiger partial charge in [0.1, 0.15) is 0 Å². The molecule has 0 saturated heterocycles. The molecule has 1 aromatic rings. The van der Waals surface area contributed by atoms with Crippen molar-refractivity contribution < 1.29 is 4.79 Å². The van der Waals surface area contributed by atoms with Crippen LogP contribution in [0, 0.1) is 6.92 Å². The highest BCUT2D eigenvalue weighted by molar-refractivity contribution is 6.31. The van der Waals surface area contributed by atoms with Crippen LogP contribution in [0.5, 0.6) is 0 Å². The molecule has 0 amide bonds. The van der Waals surface area contributed by atoms with Crippen LogP contribution in [-0.2, 0) is 0 Å². The third kappa shape index (κ3) is 1.13. The molecule has 2 aliphatic rings. The molecule has 2 heteroatoms. The molecule has 1 fully saturated rings. The Hall–Kier alpha value is -0.820. The van der Waals surface area contributed by atoms with Gasteiger partial charge in [-0.25, -0.2) is 0 Å². The van der Waals surface area contributed by atoms with Crippen molar-refractivity contribution in [3.63, 3.8) is 0 Å². The van der Waals surface area contributed by atoms with Gasteiger partial charge in [0.15, 0.2) is 6.29 Å². The van der Waals surface area contributed by atoms with Gasteiger partial charge in [-0.2, -0.15) is 0 Å². The van der Waals surface area contributed by atoms with Crippen LogP contribution in [0.1, 0.15) is 58.1 Å². The largest absolute Gasteiger partial charge is 0.298 e. The third-order valence-electron chi connectivity index (χ3n) is 4.04. The van der Waals surface area contributed by atoms with Gasteiger partial charge in [0, 0.05) is 10.6 Å². The van der Waals surface area contributed by atoms with E-state index in [0.717, 1.165) is 22.4 Å². The van der Waals surface area contributed by atoms with Crippen molar-refractivity contribution in [1.29, 1.82) is 0 Å². The average Bonchev–Trinajstić information content (AvgIpc) is 2.80. The van der Waals surface area contributed by atoms with E-state index in [4.69, 9.17) is 11.6 Å². The lowest BCUT2D eigenvalue weighted by Crippen LogP contribution is -2.04. The number of halogens is 1. The molecule has 1 nitrogen and oxygen atoms in total. The van der Waals surface area contributed by atoms with E-state index in [1.165, 1.54) is 30.4 Å². The summed E-state index contributed by atoms with van der Waals surface area (Å²) < 4.78 is 0. The predicted molar refractivity (Wildman–Crippen MR) is 60.9 cm³/mol. The standard InChI is InChI=1S/C13H13ClO/c1-7-11(6-15)13-9-3-2-8(4-9)10(13)5-12(7)14/h5-6,8-9H,2-4H2,1H3. The predicted octanol–water partition coefficient (Wildman–Crippen LogP) is 3.83. The minimum Gasteiger partial charge on any atom is -0.298 e. The molecule has 15 heavy (non-hydrogen) atoms. The first kappa shape index (κ1) is 9.41. The summed E-state index contributed by atoms with van der Waals surface area (Å²) >= 11 is 6.15. The molecule has 2 atom stereocenters. The summed E-state index contributed by atoms with van der Waals surface area (Å²) in [6, 6.07) is 2.09. The van der Waals surface area contributed by atoms with Crippen LogP contribution in [0.4, 0.5) is 0 Å². The second-order valence-corrected chi connectivity index (χ2v) is 5.13. The summed E-state index contributed by atoms with van der Waals surface area (Å²) in [5.74, 6) is 1.29. The molecule has 3 rings (SSSR count). The fraction of sp³-hybridized carbons (Fsp3) is 0.462. The fourth-order valence-corrected chi connectivity index (χ4v) is 3.50. The molecule has 0 spiro atoms. The van der Waals surface area contributed by atoms with Crippen molar-refractivity contribution in [2.45, 2.75) is 38.0 Å². The Balaban J connectivity index is 2.31. The van der Waals surface area contributed by atoms with Crippen molar-refractivity contribution in [3.8, 4) is 0 Å². The molecule has 1 aromatic carbocycles. The number of benzene rings is 1. The molecule has 0 radical (unpaired) electrons. The van der Waals surface area contributed by atoms with Crippen molar-refractivity contribution in [2.24, 2.45) is 0 Å². The maximum atomic E-state index is 11.2. The Bertz CT molecular complexity index is 450. The normalized spacial score (nSPS) is 26.8. The van der Waals surface area contributed by atoms with Gasteiger partial charge < -0.3 is 0 Å². The number of carbonyl (C=O) groups is 1. The van der Waals surface area contributed by atoms with Crippen molar-refractivity contribution in [2.75, 3.05) is 0 Å². The van der Waals surface area contributed by atoms with Gasteiger partial charge in [0.2, 0.25) is 0 Å². The Morgan fingerprint density at radius 2 is 2.13 bits per heavy atom. The van der Waals surface area contributed by atoms with Crippen LogP contribution in [0.2, 0.25) is 5.02 Å². The molecule has 78 valence electrons. The van der Waals surface area contributed by atoms with E-state index in [2.05, 4.69) is 6.07 Å².